The Labute approximate surface area is 187 Å². The van der Waals surface area contributed by atoms with E-state index >= 15 is 0 Å². The summed E-state index contributed by atoms with van der Waals surface area (Å²) >= 11 is 1.57. The molecule has 2 aromatic heterocycles. The van der Waals surface area contributed by atoms with Crippen LogP contribution in [0.15, 0.2) is 48.8 Å². The molecule has 1 aliphatic heterocycles. The summed E-state index contributed by atoms with van der Waals surface area (Å²) in [6, 6.07) is 12.9. The van der Waals surface area contributed by atoms with Crippen molar-refractivity contribution in [2.24, 2.45) is 5.41 Å². The second-order valence-corrected chi connectivity index (χ2v) is 10.3. The maximum atomic E-state index is 12.6. The fourth-order valence-electron chi connectivity index (χ4n) is 4.55. The third-order valence-corrected chi connectivity index (χ3v) is 7.29. The predicted molar refractivity (Wildman–Crippen MR) is 124 cm³/mol. The van der Waals surface area contributed by atoms with Gasteiger partial charge in [0.2, 0.25) is 0 Å². The number of benzene rings is 1. The second-order valence-electron chi connectivity index (χ2n) is 9.28. The van der Waals surface area contributed by atoms with Crippen LogP contribution in [0.4, 0.5) is 5.13 Å². The van der Waals surface area contributed by atoms with Crippen LogP contribution in [-0.2, 0) is 17.6 Å². The maximum absolute atomic E-state index is 12.6. The Hall–Kier alpha value is -2.57. The fourth-order valence-corrected chi connectivity index (χ4v) is 5.66. The highest BCUT2D eigenvalue weighted by atomic mass is 32.1. The lowest BCUT2D eigenvalue weighted by Crippen LogP contribution is -2.46. The zero-order chi connectivity index (χ0) is 21.4. The molecule has 5 rings (SSSR count). The van der Waals surface area contributed by atoms with Crippen LogP contribution < -0.4 is 4.90 Å². The highest BCUT2D eigenvalue weighted by molar-refractivity contribution is 7.17. The summed E-state index contributed by atoms with van der Waals surface area (Å²) in [7, 11) is 0. The SMILES string of the molecule is CC1(C)CC(=O)c2sc(N3CCOCC3Cc3ccc(-c4cccnc4)cc3)nc2C1. The third-order valence-electron chi connectivity index (χ3n) is 6.12. The summed E-state index contributed by atoms with van der Waals surface area (Å²) in [5, 5.41) is 0.969. The van der Waals surface area contributed by atoms with Gasteiger partial charge in [0.05, 0.1) is 29.8 Å². The topological polar surface area (TPSA) is 55.3 Å². The van der Waals surface area contributed by atoms with Gasteiger partial charge in [-0.1, -0.05) is 55.5 Å². The molecule has 3 aromatic rings. The van der Waals surface area contributed by atoms with Crippen molar-refractivity contribution < 1.29 is 9.53 Å². The van der Waals surface area contributed by atoms with E-state index in [0.29, 0.717) is 19.6 Å². The lowest BCUT2D eigenvalue weighted by molar-refractivity contribution is 0.0915. The number of carbonyl (C=O) groups is 1. The Morgan fingerprint density at radius 3 is 2.77 bits per heavy atom. The molecule has 3 heterocycles. The number of aromatic nitrogens is 2. The van der Waals surface area contributed by atoms with Gasteiger partial charge >= 0.3 is 0 Å². The minimum Gasteiger partial charge on any atom is -0.377 e. The van der Waals surface area contributed by atoms with Crippen LogP contribution in [0.1, 0.15) is 41.2 Å². The molecule has 31 heavy (non-hydrogen) atoms. The van der Waals surface area contributed by atoms with Crippen molar-refractivity contribution in [3.63, 3.8) is 0 Å². The molecule has 1 fully saturated rings. The lowest BCUT2D eigenvalue weighted by atomic mass is 9.78. The zero-order valence-corrected chi connectivity index (χ0v) is 18.8. The van der Waals surface area contributed by atoms with Gasteiger partial charge in [-0.3, -0.25) is 9.78 Å². The quantitative estimate of drug-likeness (QED) is 0.591. The highest BCUT2D eigenvalue weighted by Crippen LogP contribution is 2.40. The molecule has 1 unspecified atom stereocenters. The first kappa shape index (κ1) is 20.3. The summed E-state index contributed by atoms with van der Waals surface area (Å²) in [5.74, 6) is 0.241. The summed E-state index contributed by atoms with van der Waals surface area (Å²) in [5.41, 5.74) is 4.54. The van der Waals surface area contributed by atoms with Crippen molar-refractivity contribution in [3.05, 3.63) is 64.9 Å². The van der Waals surface area contributed by atoms with Crippen LogP contribution in [-0.4, -0.2) is 41.6 Å². The van der Waals surface area contributed by atoms with E-state index in [9.17, 15) is 4.79 Å². The zero-order valence-electron chi connectivity index (χ0n) is 18.0. The summed E-state index contributed by atoms with van der Waals surface area (Å²) in [6.45, 7) is 6.48. The molecule has 160 valence electrons. The number of pyridine rings is 1. The fraction of sp³-hybridized carbons (Fsp3) is 0.400. The maximum Gasteiger partial charge on any atom is 0.186 e. The van der Waals surface area contributed by atoms with Crippen LogP contribution in [0, 0.1) is 5.41 Å². The van der Waals surface area contributed by atoms with E-state index in [-0.39, 0.29) is 17.2 Å². The Balaban J connectivity index is 1.35. The summed E-state index contributed by atoms with van der Waals surface area (Å²) < 4.78 is 5.82. The van der Waals surface area contributed by atoms with Gasteiger partial charge < -0.3 is 9.64 Å². The predicted octanol–water partition coefficient (Wildman–Crippen LogP) is 4.81. The summed E-state index contributed by atoms with van der Waals surface area (Å²) in [4.78, 5) is 25.0. The molecule has 1 saturated heterocycles. The van der Waals surface area contributed by atoms with E-state index < -0.39 is 0 Å². The van der Waals surface area contributed by atoms with Crippen molar-refractivity contribution in [1.82, 2.24) is 9.97 Å². The molecule has 5 nitrogen and oxygen atoms in total. The number of ketones is 1. The number of fused-ring (bicyclic) bond motifs is 1. The average Bonchev–Trinajstić information content (AvgIpc) is 3.18. The standard InChI is InChI=1S/C25H27N3O2S/c1-25(2)13-21-23(22(29)14-25)31-24(27-21)28-10-11-30-16-20(28)12-17-5-7-18(8-6-17)19-4-3-9-26-15-19/h3-9,15,20H,10-14,16H2,1-2H3. The molecular weight excluding hydrogens is 406 g/mol. The first-order chi connectivity index (χ1) is 15.0. The van der Waals surface area contributed by atoms with E-state index in [4.69, 9.17) is 9.72 Å². The first-order valence-corrected chi connectivity index (χ1v) is 11.7. The van der Waals surface area contributed by atoms with Crippen LogP contribution in [0.3, 0.4) is 0 Å². The molecular formula is C25H27N3O2S. The molecule has 0 amide bonds. The Morgan fingerprint density at radius 1 is 1.16 bits per heavy atom. The number of hydrogen-bond acceptors (Lipinski definition) is 6. The van der Waals surface area contributed by atoms with Gasteiger partial charge in [0, 0.05) is 25.4 Å². The number of thiazole rings is 1. The smallest absolute Gasteiger partial charge is 0.186 e. The number of hydrogen-bond donors (Lipinski definition) is 0. The van der Waals surface area contributed by atoms with Crippen LogP contribution in [0.5, 0.6) is 0 Å². The third kappa shape index (κ3) is 4.27. The minimum atomic E-state index is -0.00411. The van der Waals surface area contributed by atoms with Crippen molar-refractivity contribution in [2.75, 3.05) is 24.7 Å². The van der Waals surface area contributed by atoms with Gasteiger partial charge in [-0.05, 0) is 41.0 Å². The van der Waals surface area contributed by atoms with Crippen LogP contribution in [0.2, 0.25) is 0 Å². The van der Waals surface area contributed by atoms with Crippen molar-refractivity contribution in [2.45, 2.75) is 39.2 Å². The normalized spacial score (nSPS) is 20.5. The van der Waals surface area contributed by atoms with Gasteiger partial charge in [0.15, 0.2) is 10.9 Å². The molecule has 6 heteroatoms. The van der Waals surface area contributed by atoms with Gasteiger partial charge in [-0.2, -0.15) is 0 Å². The van der Waals surface area contributed by atoms with Gasteiger partial charge in [0.1, 0.15) is 0 Å². The molecule has 2 aliphatic rings. The monoisotopic (exact) mass is 433 g/mol. The van der Waals surface area contributed by atoms with Gasteiger partial charge in [-0.15, -0.1) is 0 Å². The van der Waals surface area contributed by atoms with Gasteiger partial charge in [-0.25, -0.2) is 4.98 Å². The van der Waals surface area contributed by atoms with E-state index in [2.05, 4.69) is 54.1 Å². The molecule has 0 N–H and O–H groups in total. The first-order valence-electron chi connectivity index (χ1n) is 10.9. The lowest BCUT2D eigenvalue weighted by Gasteiger charge is -2.35. The van der Waals surface area contributed by atoms with Gasteiger partial charge in [0.25, 0.3) is 0 Å². The minimum absolute atomic E-state index is 0.00411. The number of morpholine rings is 1. The van der Waals surface area contributed by atoms with Crippen molar-refractivity contribution in [3.8, 4) is 11.1 Å². The molecule has 0 saturated carbocycles. The highest BCUT2D eigenvalue weighted by Gasteiger charge is 2.35. The summed E-state index contributed by atoms with van der Waals surface area (Å²) in [6.07, 6.45) is 6.04. The van der Waals surface area contributed by atoms with E-state index in [1.807, 2.05) is 12.3 Å². The molecule has 0 bridgehead atoms. The average molecular weight is 434 g/mol. The molecule has 1 aliphatic carbocycles. The Kier molecular flexibility index (Phi) is 5.36. The number of nitrogens with zero attached hydrogens (tertiary/aromatic N) is 3. The van der Waals surface area contributed by atoms with E-state index in [1.165, 1.54) is 11.1 Å². The number of ether oxygens (including phenoxy) is 1. The number of Topliss-reactive ketones (excluding diaryl/α,β-unsaturated/α-hetero) is 1. The van der Waals surface area contributed by atoms with Crippen molar-refractivity contribution in [1.29, 1.82) is 0 Å². The van der Waals surface area contributed by atoms with Crippen molar-refractivity contribution >= 4 is 22.3 Å². The Bertz CT molecular complexity index is 1080. The molecule has 1 atom stereocenters. The molecule has 0 radical (unpaired) electrons. The molecule has 1 aromatic carbocycles. The number of anilines is 1. The Morgan fingerprint density at radius 2 is 2.00 bits per heavy atom. The molecule has 0 spiro atoms. The van der Waals surface area contributed by atoms with Crippen LogP contribution >= 0.6 is 11.3 Å². The largest absolute Gasteiger partial charge is 0.377 e. The number of rotatable bonds is 4. The second kappa shape index (κ2) is 8.17. The number of carbonyl (C=O) groups excluding carboxylic acids is 1. The van der Waals surface area contributed by atoms with E-state index in [1.54, 1.807) is 17.5 Å². The van der Waals surface area contributed by atoms with Crippen LogP contribution in [0.25, 0.3) is 11.1 Å². The van der Waals surface area contributed by atoms with E-state index in [0.717, 1.165) is 40.7 Å².